The van der Waals surface area contributed by atoms with Crippen LogP contribution in [-0.4, -0.2) is 14.0 Å². The van der Waals surface area contributed by atoms with E-state index in [0.717, 1.165) is 17.7 Å². The summed E-state index contributed by atoms with van der Waals surface area (Å²) in [5.41, 5.74) is 0.532. The average molecular weight is 549 g/mol. The Morgan fingerprint density at radius 1 is 0.944 bits per heavy atom. The molecule has 1 aliphatic heterocycles. The van der Waals surface area contributed by atoms with Gasteiger partial charge in [0.2, 0.25) is 34.8 Å². The van der Waals surface area contributed by atoms with Gasteiger partial charge in [0.15, 0.2) is 0 Å². The number of fused-ring (bicyclic) bond motifs is 1. The highest BCUT2D eigenvalue weighted by atomic mass is 35.5. The fraction of sp³-hybridized carbons (Fsp3) is 0.250. The molecule has 0 fully saturated rings. The number of hydrogen-bond donors (Lipinski definition) is 0. The van der Waals surface area contributed by atoms with Gasteiger partial charge in [-0.05, 0) is 44.5 Å². The lowest BCUT2D eigenvalue weighted by Gasteiger charge is -2.37. The van der Waals surface area contributed by atoms with Gasteiger partial charge in [-0.15, -0.1) is 0 Å². The number of aryl methyl sites for hydroxylation is 1. The van der Waals surface area contributed by atoms with E-state index in [0.29, 0.717) is 22.8 Å². The highest BCUT2D eigenvalue weighted by Gasteiger charge is 2.37. The van der Waals surface area contributed by atoms with E-state index in [9.17, 15) is 30.4 Å². The van der Waals surface area contributed by atoms with Gasteiger partial charge in [0, 0.05) is 18.1 Å². The van der Waals surface area contributed by atoms with Crippen LogP contribution in [0.5, 0.6) is 17.2 Å². The molecule has 3 aromatic carbocycles. The summed E-state index contributed by atoms with van der Waals surface area (Å²) in [6.45, 7) is 5.32. The smallest absolute Gasteiger partial charge is 0.339 e. The fourth-order valence-corrected chi connectivity index (χ4v) is 4.92. The van der Waals surface area contributed by atoms with Crippen LogP contribution in [0.15, 0.2) is 41.3 Å². The van der Waals surface area contributed by atoms with Crippen LogP contribution in [0.3, 0.4) is 0 Å². The van der Waals surface area contributed by atoms with E-state index >= 15 is 0 Å². The number of ether oxygens (including phenoxy) is 2. The quantitative estimate of drug-likeness (QED) is 0.152. The first kappa shape index (κ1) is 26.0. The molecule has 1 aliphatic rings. The molecule has 4 rings (SSSR count). The summed E-state index contributed by atoms with van der Waals surface area (Å²) in [5.74, 6) is -13.5. The van der Waals surface area contributed by atoms with Gasteiger partial charge in [0.25, 0.3) is 0 Å². The molecule has 0 unspecified atom stereocenters. The van der Waals surface area contributed by atoms with Crippen LogP contribution in [0.4, 0.5) is 22.0 Å². The Kier molecular flexibility index (Phi) is 6.59. The van der Waals surface area contributed by atoms with Crippen LogP contribution in [0.25, 0.3) is 0 Å². The van der Waals surface area contributed by atoms with Gasteiger partial charge in [-0.2, -0.15) is 17.2 Å². The Morgan fingerprint density at radius 3 is 2.17 bits per heavy atom. The minimum atomic E-state index is -5.04. The van der Waals surface area contributed by atoms with Crippen LogP contribution < -0.4 is 13.7 Å². The molecule has 36 heavy (non-hydrogen) atoms. The lowest BCUT2D eigenvalue weighted by atomic mass is 9.91. The van der Waals surface area contributed by atoms with Crippen molar-refractivity contribution in [2.24, 2.45) is 0 Å². The van der Waals surface area contributed by atoms with E-state index < -0.39 is 61.6 Å². The normalized spacial score (nSPS) is 16.8. The monoisotopic (exact) mass is 548 g/mol. The second kappa shape index (κ2) is 9.11. The summed E-state index contributed by atoms with van der Waals surface area (Å²) in [6, 6.07) is 8.61. The molecule has 0 aliphatic carbocycles. The lowest BCUT2D eigenvalue weighted by Crippen LogP contribution is -2.36. The van der Waals surface area contributed by atoms with Crippen LogP contribution in [0, 0.1) is 36.0 Å². The van der Waals surface area contributed by atoms with Crippen LogP contribution in [-0.2, 0) is 10.1 Å². The SMILES string of the molecule is Cc1ccc(O[C@H]2CC(C)(C)Oc3cc(S(=O)(=O)Oc4c(F)c(F)c(F)c(F)c4F)ccc32)c(Cl)c1. The zero-order valence-corrected chi connectivity index (χ0v) is 20.5. The van der Waals surface area contributed by atoms with Crippen molar-refractivity contribution in [3.63, 3.8) is 0 Å². The summed E-state index contributed by atoms with van der Waals surface area (Å²) in [6.07, 6.45) is -0.256. The van der Waals surface area contributed by atoms with Crippen molar-refractivity contribution in [3.05, 3.63) is 81.6 Å². The van der Waals surface area contributed by atoms with E-state index in [1.807, 2.05) is 6.92 Å². The summed E-state index contributed by atoms with van der Waals surface area (Å²) in [4.78, 5) is -0.644. The van der Waals surface area contributed by atoms with E-state index in [1.165, 1.54) is 6.07 Å². The third-order valence-corrected chi connectivity index (χ3v) is 6.92. The number of benzene rings is 3. The molecule has 0 amide bonds. The van der Waals surface area contributed by atoms with Crippen molar-refractivity contribution < 1.29 is 44.0 Å². The summed E-state index contributed by atoms with van der Waals surface area (Å²) < 4.78 is 110. The maximum atomic E-state index is 14.0. The molecule has 0 aromatic heterocycles. The molecule has 0 saturated heterocycles. The van der Waals surface area contributed by atoms with E-state index in [2.05, 4.69) is 4.18 Å². The maximum absolute atomic E-state index is 14.0. The Morgan fingerprint density at radius 2 is 1.56 bits per heavy atom. The molecule has 12 heteroatoms. The maximum Gasteiger partial charge on any atom is 0.339 e. The van der Waals surface area contributed by atoms with Gasteiger partial charge in [0.1, 0.15) is 28.1 Å². The third-order valence-electron chi connectivity index (χ3n) is 5.40. The van der Waals surface area contributed by atoms with Crippen molar-refractivity contribution in [3.8, 4) is 17.2 Å². The first-order chi connectivity index (χ1) is 16.7. The second-order valence-corrected chi connectivity index (χ2v) is 10.7. The Balaban J connectivity index is 1.71. The van der Waals surface area contributed by atoms with Crippen molar-refractivity contribution in [2.75, 3.05) is 0 Å². The average Bonchev–Trinajstić information content (AvgIpc) is 2.80. The van der Waals surface area contributed by atoms with E-state index in [4.69, 9.17) is 21.1 Å². The third kappa shape index (κ3) is 4.81. The topological polar surface area (TPSA) is 61.8 Å². The van der Waals surface area contributed by atoms with E-state index in [1.54, 1.807) is 32.0 Å². The van der Waals surface area contributed by atoms with Crippen molar-refractivity contribution >= 4 is 21.7 Å². The van der Waals surface area contributed by atoms with Crippen LogP contribution in [0.2, 0.25) is 5.02 Å². The highest BCUT2D eigenvalue weighted by Crippen LogP contribution is 2.44. The summed E-state index contributed by atoms with van der Waals surface area (Å²) >= 11 is 6.28. The predicted octanol–water partition coefficient (Wildman–Crippen LogP) is 6.79. The zero-order valence-electron chi connectivity index (χ0n) is 19.0. The van der Waals surface area contributed by atoms with Crippen molar-refractivity contribution in [1.29, 1.82) is 0 Å². The minimum Gasteiger partial charge on any atom is -0.487 e. The molecule has 5 nitrogen and oxygen atoms in total. The molecule has 0 spiro atoms. The largest absolute Gasteiger partial charge is 0.487 e. The highest BCUT2D eigenvalue weighted by molar-refractivity contribution is 7.87. The van der Waals surface area contributed by atoms with Crippen LogP contribution in [0.1, 0.15) is 37.5 Å². The number of hydrogen-bond acceptors (Lipinski definition) is 5. The van der Waals surface area contributed by atoms with Crippen LogP contribution >= 0.6 is 11.6 Å². The summed E-state index contributed by atoms with van der Waals surface area (Å²) in [7, 11) is -5.04. The predicted molar refractivity (Wildman–Crippen MR) is 119 cm³/mol. The van der Waals surface area contributed by atoms with Gasteiger partial charge in [-0.25, -0.2) is 13.2 Å². The second-order valence-electron chi connectivity index (χ2n) is 8.74. The number of halogens is 6. The molecular weight excluding hydrogens is 531 g/mol. The molecule has 1 atom stereocenters. The standard InChI is InChI=1S/C24H18ClF5O5S/c1-11-4-7-15(14(25)8-11)33-17-10-24(2,3)34-16-9-12(5-6-13(16)17)36(31,32)35-23-21(29)19(27)18(26)20(28)22(23)30/h4-9,17H,10H2,1-3H3/t17-/m0/s1. The Hall–Kier alpha value is -3.05. The van der Waals surface area contributed by atoms with Crippen molar-refractivity contribution in [2.45, 2.75) is 43.8 Å². The molecule has 0 bridgehead atoms. The van der Waals surface area contributed by atoms with E-state index in [-0.39, 0.29) is 5.75 Å². The first-order valence-corrected chi connectivity index (χ1v) is 12.2. The first-order valence-electron chi connectivity index (χ1n) is 10.4. The minimum absolute atomic E-state index is 0.0570. The lowest BCUT2D eigenvalue weighted by molar-refractivity contribution is 0.0217. The molecule has 3 aromatic rings. The molecule has 1 heterocycles. The molecule has 0 radical (unpaired) electrons. The van der Waals surface area contributed by atoms with Gasteiger partial charge < -0.3 is 13.7 Å². The zero-order chi connectivity index (χ0) is 26.6. The summed E-state index contributed by atoms with van der Waals surface area (Å²) in [5, 5.41) is 0.372. The van der Waals surface area contributed by atoms with Gasteiger partial charge in [0.05, 0.1) is 5.02 Å². The molecule has 0 N–H and O–H groups in total. The molecular formula is C24H18ClF5O5S. The Labute approximate surface area is 208 Å². The number of rotatable bonds is 5. The fourth-order valence-electron chi connectivity index (χ4n) is 3.70. The molecule has 0 saturated carbocycles. The Bertz CT molecular complexity index is 1450. The van der Waals surface area contributed by atoms with Crippen molar-refractivity contribution in [1.82, 2.24) is 0 Å². The van der Waals surface area contributed by atoms with Gasteiger partial charge in [-0.1, -0.05) is 23.7 Å². The van der Waals surface area contributed by atoms with Gasteiger partial charge >= 0.3 is 10.1 Å². The molecule has 192 valence electrons. The van der Waals surface area contributed by atoms with Gasteiger partial charge in [-0.3, -0.25) is 0 Å².